The summed E-state index contributed by atoms with van der Waals surface area (Å²) >= 11 is 0. The standard InChI is InChI=1S/C27H25N5O/c1-17-12-13-29-26(19-8-5-4-6-9-19)25(17)22-10-7-11-24(31-22)32-16-21-20(27(32)33)14-18(2)30-23(21)15-28-3/h4-14,28H,15-16H2,1-3H3. The third-order valence-corrected chi connectivity index (χ3v) is 5.95. The van der Waals surface area contributed by atoms with Crippen LogP contribution in [-0.4, -0.2) is 27.9 Å². The zero-order valence-corrected chi connectivity index (χ0v) is 19.0. The lowest BCUT2D eigenvalue weighted by atomic mass is 9.99. The van der Waals surface area contributed by atoms with Crippen LogP contribution in [0.4, 0.5) is 5.82 Å². The second-order valence-corrected chi connectivity index (χ2v) is 8.26. The number of rotatable bonds is 5. The number of nitrogens with zero attached hydrogens (tertiary/aromatic N) is 4. The Morgan fingerprint density at radius 2 is 1.82 bits per heavy atom. The first-order chi connectivity index (χ1) is 16.1. The fourth-order valence-electron chi connectivity index (χ4n) is 4.41. The minimum absolute atomic E-state index is 0.0382. The van der Waals surface area contributed by atoms with Crippen molar-refractivity contribution in [2.24, 2.45) is 0 Å². The third-order valence-electron chi connectivity index (χ3n) is 5.95. The number of pyridine rings is 3. The summed E-state index contributed by atoms with van der Waals surface area (Å²) in [5.41, 5.74) is 8.20. The van der Waals surface area contributed by atoms with Crippen LogP contribution < -0.4 is 10.2 Å². The Morgan fingerprint density at radius 1 is 1.00 bits per heavy atom. The largest absolute Gasteiger partial charge is 0.314 e. The second-order valence-electron chi connectivity index (χ2n) is 8.26. The highest BCUT2D eigenvalue weighted by Crippen LogP contribution is 2.35. The van der Waals surface area contributed by atoms with Crippen LogP contribution in [0.1, 0.15) is 32.9 Å². The van der Waals surface area contributed by atoms with Crippen LogP contribution in [0.5, 0.6) is 0 Å². The molecular formula is C27H25N5O. The minimum Gasteiger partial charge on any atom is -0.314 e. The van der Waals surface area contributed by atoms with E-state index in [2.05, 4.69) is 22.2 Å². The number of aryl methyl sites for hydroxylation is 2. The molecule has 0 spiro atoms. The number of hydrogen-bond acceptors (Lipinski definition) is 5. The molecule has 4 aromatic rings. The van der Waals surface area contributed by atoms with Gasteiger partial charge in [0.2, 0.25) is 0 Å². The van der Waals surface area contributed by atoms with Gasteiger partial charge in [0.25, 0.3) is 5.91 Å². The van der Waals surface area contributed by atoms with E-state index in [1.165, 1.54) is 0 Å². The predicted molar refractivity (Wildman–Crippen MR) is 130 cm³/mol. The molecule has 0 saturated heterocycles. The number of nitrogens with one attached hydrogen (secondary N) is 1. The van der Waals surface area contributed by atoms with Gasteiger partial charge in [-0.2, -0.15) is 0 Å². The number of anilines is 1. The number of amides is 1. The Hall–Kier alpha value is -3.90. The van der Waals surface area contributed by atoms with Crippen LogP contribution in [0.2, 0.25) is 0 Å². The number of hydrogen-bond donors (Lipinski definition) is 1. The van der Waals surface area contributed by atoms with E-state index in [-0.39, 0.29) is 5.91 Å². The molecule has 0 atom stereocenters. The van der Waals surface area contributed by atoms with Gasteiger partial charge >= 0.3 is 0 Å². The monoisotopic (exact) mass is 435 g/mol. The Bertz CT molecular complexity index is 1350. The SMILES string of the molecule is CNCc1nc(C)cc2c1CN(c1cccc(-c3c(C)ccnc3-c3ccccc3)n1)C2=O. The van der Waals surface area contributed by atoms with Gasteiger partial charge in [-0.05, 0) is 50.7 Å². The van der Waals surface area contributed by atoms with Crippen molar-refractivity contribution in [3.8, 4) is 22.5 Å². The highest BCUT2D eigenvalue weighted by molar-refractivity contribution is 6.09. The van der Waals surface area contributed by atoms with Crippen LogP contribution in [0, 0.1) is 13.8 Å². The molecular weight excluding hydrogens is 410 g/mol. The quantitative estimate of drug-likeness (QED) is 0.492. The van der Waals surface area contributed by atoms with Gasteiger partial charge < -0.3 is 5.32 Å². The first-order valence-corrected chi connectivity index (χ1v) is 11.0. The lowest BCUT2D eigenvalue weighted by molar-refractivity contribution is 0.0996. The molecule has 1 aliphatic rings. The van der Waals surface area contributed by atoms with Gasteiger partial charge in [0.05, 0.1) is 23.6 Å². The van der Waals surface area contributed by atoms with Gasteiger partial charge in [-0.3, -0.25) is 19.7 Å². The number of aromatic nitrogens is 3. The van der Waals surface area contributed by atoms with Crippen molar-refractivity contribution < 1.29 is 4.79 Å². The molecule has 0 bridgehead atoms. The minimum atomic E-state index is -0.0382. The van der Waals surface area contributed by atoms with E-state index in [1.54, 1.807) is 4.90 Å². The summed E-state index contributed by atoms with van der Waals surface area (Å²) < 4.78 is 0. The molecule has 1 amide bonds. The summed E-state index contributed by atoms with van der Waals surface area (Å²) in [7, 11) is 1.89. The molecule has 6 nitrogen and oxygen atoms in total. The van der Waals surface area contributed by atoms with Gasteiger partial charge in [-0.15, -0.1) is 0 Å². The van der Waals surface area contributed by atoms with Crippen LogP contribution in [-0.2, 0) is 13.1 Å². The van der Waals surface area contributed by atoms with Crippen molar-refractivity contribution in [1.29, 1.82) is 0 Å². The summed E-state index contributed by atoms with van der Waals surface area (Å²) in [5, 5.41) is 3.15. The number of carbonyl (C=O) groups is 1. The Labute approximate surface area is 193 Å². The summed E-state index contributed by atoms with van der Waals surface area (Å²) in [6.45, 7) is 5.07. The molecule has 0 unspecified atom stereocenters. The molecule has 164 valence electrons. The molecule has 0 radical (unpaired) electrons. The van der Waals surface area contributed by atoms with E-state index >= 15 is 0 Å². The van der Waals surface area contributed by atoms with E-state index in [4.69, 9.17) is 4.98 Å². The maximum atomic E-state index is 13.3. The molecule has 3 aromatic heterocycles. The lowest BCUT2D eigenvalue weighted by Crippen LogP contribution is -2.24. The summed E-state index contributed by atoms with van der Waals surface area (Å²) in [6, 6.07) is 19.8. The Morgan fingerprint density at radius 3 is 2.61 bits per heavy atom. The van der Waals surface area contributed by atoms with Gasteiger partial charge in [0.15, 0.2) is 0 Å². The Kier molecular flexibility index (Phi) is 5.44. The average Bonchev–Trinajstić information content (AvgIpc) is 3.16. The van der Waals surface area contributed by atoms with E-state index in [0.29, 0.717) is 24.5 Å². The van der Waals surface area contributed by atoms with E-state index in [1.807, 2.05) is 80.8 Å². The first kappa shape index (κ1) is 21.0. The molecule has 0 saturated carbocycles. The molecule has 5 rings (SSSR count). The van der Waals surface area contributed by atoms with Crippen LogP contribution in [0.3, 0.4) is 0 Å². The summed E-state index contributed by atoms with van der Waals surface area (Å²) in [4.78, 5) is 29.3. The third kappa shape index (κ3) is 3.79. The zero-order chi connectivity index (χ0) is 22.9. The van der Waals surface area contributed by atoms with Gasteiger partial charge in [0.1, 0.15) is 5.82 Å². The van der Waals surface area contributed by atoms with Gasteiger partial charge in [-0.1, -0.05) is 36.4 Å². The maximum absolute atomic E-state index is 13.3. The molecule has 6 heteroatoms. The zero-order valence-electron chi connectivity index (χ0n) is 19.0. The van der Waals surface area contributed by atoms with Crippen LogP contribution in [0.25, 0.3) is 22.5 Å². The fourth-order valence-corrected chi connectivity index (χ4v) is 4.41. The number of carbonyl (C=O) groups excluding carboxylic acids is 1. The van der Waals surface area contributed by atoms with Crippen LogP contribution >= 0.6 is 0 Å². The van der Waals surface area contributed by atoms with E-state index in [9.17, 15) is 4.79 Å². The summed E-state index contributed by atoms with van der Waals surface area (Å²) in [5.74, 6) is 0.590. The van der Waals surface area contributed by atoms with Crippen molar-refractivity contribution >= 4 is 11.7 Å². The topological polar surface area (TPSA) is 71.0 Å². The van der Waals surface area contributed by atoms with Crippen molar-refractivity contribution in [2.45, 2.75) is 26.9 Å². The highest BCUT2D eigenvalue weighted by atomic mass is 16.2. The smallest absolute Gasteiger partial charge is 0.260 e. The molecule has 4 heterocycles. The number of fused-ring (bicyclic) bond motifs is 1. The molecule has 0 aliphatic carbocycles. The maximum Gasteiger partial charge on any atom is 0.260 e. The van der Waals surface area contributed by atoms with Crippen LogP contribution in [0.15, 0.2) is 66.9 Å². The normalized spacial score (nSPS) is 12.8. The molecule has 33 heavy (non-hydrogen) atoms. The van der Waals surface area contributed by atoms with Crippen molar-refractivity contribution in [2.75, 3.05) is 11.9 Å². The highest BCUT2D eigenvalue weighted by Gasteiger charge is 2.32. The predicted octanol–water partition coefficient (Wildman–Crippen LogP) is 4.70. The first-order valence-electron chi connectivity index (χ1n) is 11.0. The molecule has 0 fully saturated rings. The number of benzene rings is 1. The lowest BCUT2D eigenvalue weighted by Gasteiger charge is -2.17. The second kappa shape index (κ2) is 8.56. The molecule has 1 aromatic carbocycles. The van der Waals surface area contributed by atoms with Gasteiger partial charge in [0, 0.05) is 40.7 Å². The van der Waals surface area contributed by atoms with Crippen molar-refractivity contribution in [3.63, 3.8) is 0 Å². The summed E-state index contributed by atoms with van der Waals surface area (Å²) in [6.07, 6.45) is 1.82. The average molecular weight is 436 g/mol. The molecule has 1 N–H and O–H groups in total. The Balaban J connectivity index is 1.57. The van der Waals surface area contributed by atoms with E-state index < -0.39 is 0 Å². The van der Waals surface area contributed by atoms with E-state index in [0.717, 1.165) is 45.0 Å². The molecule has 1 aliphatic heterocycles. The van der Waals surface area contributed by atoms with Crippen molar-refractivity contribution in [1.82, 2.24) is 20.3 Å². The van der Waals surface area contributed by atoms with Gasteiger partial charge in [-0.25, -0.2) is 4.98 Å². The van der Waals surface area contributed by atoms with Crippen molar-refractivity contribution in [3.05, 3.63) is 94.9 Å². The fraction of sp³-hybridized carbons (Fsp3) is 0.185.